The van der Waals surface area contributed by atoms with Crippen LogP contribution in [0.25, 0.3) is 0 Å². The van der Waals surface area contributed by atoms with Crippen molar-refractivity contribution in [3.8, 4) is 11.5 Å². The molecule has 0 aliphatic carbocycles. The molecule has 146 valence electrons. The first-order valence-electron chi connectivity index (χ1n) is 10.5. The fraction of sp³-hybridized carbons (Fsp3) is 0.500. The summed E-state index contributed by atoms with van der Waals surface area (Å²) < 4.78 is 70.0. The number of sulfonamides is 1. The van der Waals surface area contributed by atoms with Gasteiger partial charge in [0.25, 0.3) is 0 Å². The van der Waals surface area contributed by atoms with Gasteiger partial charge in [-0.15, -0.1) is 0 Å². The molecule has 1 aromatic heterocycles. The van der Waals surface area contributed by atoms with Gasteiger partial charge in [0.05, 0.1) is 11.7 Å². The Morgan fingerprint density at radius 1 is 1.22 bits per heavy atom. The van der Waals surface area contributed by atoms with Crippen molar-refractivity contribution >= 4 is 21.6 Å². The van der Waals surface area contributed by atoms with Crippen molar-refractivity contribution in [2.24, 2.45) is 7.05 Å². The molecule has 3 heterocycles. The maximum Gasteiger partial charge on any atom is 0.247 e. The number of benzene rings is 1. The first kappa shape index (κ1) is 14.3. The Balaban J connectivity index is 1.54. The minimum Gasteiger partial charge on any atom is -0.486 e. The maximum absolute atomic E-state index is 12.9. The Labute approximate surface area is 169 Å². The van der Waals surface area contributed by atoms with Gasteiger partial charge in [-0.1, -0.05) is 11.6 Å². The fourth-order valence-electron chi connectivity index (χ4n) is 3.55. The van der Waals surface area contributed by atoms with Gasteiger partial charge in [-0.05, 0) is 48.9 Å². The Bertz CT molecular complexity index is 1130. The zero-order chi connectivity index (χ0) is 22.8. The summed E-state index contributed by atoms with van der Waals surface area (Å²) in [6.45, 7) is -2.78. The average Bonchev–Trinajstić information content (AvgIpc) is 3.02. The first-order chi connectivity index (χ1) is 14.3. The number of rotatable bonds is 3. The third-order valence-electron chi connectivity index (χ3n) is 5.04. The number of piperidine rings is 1. The normalized spacial score (nSPS) is 24.6. The van der Waals surface area contributed by atoms with E-state index in [9.17, 15) is 8.42 Å². The molecule has 0 N–H and O–H groups in total. The SMILES string of the molecule is [2H]C1([2H])Oc2cc(C)c(C3CCN(S(=O)(=O)c4cnn(C)c4Cl)CC3)cc2OC1([2H])[2H]. The second kappa shape index (κ2) is 7.00. The molecule has 27 heavy (non-hydrogen) atoms. The van der Waals surface area contributed by atoms with Crippen LogP contribution in [0.15, 0.2) is 23.2 Å². The number of ether oxygens (including phenoxy) is 2. The molecule has 1 saturated heterocycles. The van der Waals surface area contributed by atoms with Gasteiger partial charge in [0.1, 0.15) is 23.2 Å². The second-order valence-electron chi connectivity index (χ2n) is 6.67. The summed E-state index contributed by atoms with van der Waals surface area (Å²) in [5.74, 6) is 0.319. The van der Waals surface area contributed by atoms with E-state index in [1.165, 1.54) is 15.2 Å². The van der Waals surface area contributed by atoms with Crippen LogP contribution in [0.1, 0.15) is 35.4 Å². The Kier molecular flexibility index (Phi) is 3.70. The summed E-state index contributed by atoms with van der Waals surface area (Å²) in [6, 6.07) is 3.31. The highest BCUT2D eigenvalue weighted by Gasteiger charge is 2.33. The number of fused-ring (bicyclic) bond motifs is 1. The highest BCUT2D eigenvalue weighted by molar-refractivity contribution is 7.89. The molecular formula is C18H22ClN3O4S. The predicted molar refractivity (Wildman–Crippen MR) is 101 cm³/mol. The molecule has 0 radical (unpaired) electrons. The van der Waals surface area contributed by atoms with Crippen molar-refractivity contribution in [3.05, 3.63) is 34.6 Å². The molecule has 0 atom stereocenters. The van der Waals surface area contributed by atoms with Crippen LogP contribution < -0.4 is 9.47 Å². The minimum atomic E-state index is -3.75. The van der Waals surface area contributed by atoms with Gasteiger partial charge in [-0.2, -0.15) is 9.40 Å². The van der Waals surface area contributed by atoms with Crippen LogP contribution >= 0.6 is 11.6 Å². The smallest absolute Gasteiger partial charge is 0.247 e. The molecule has 1 aromatic carbocycles. The first-order valence-corrected chi connectivity index (χ1v) is 10.4. The lowest BCUT2D eigenvalue weighted by Crippen LogP contribution is -2.38. The number of halogens is 1. The molecular weight excluding hydrogens is 390 g/mol. The summed E-state index contributed by atoms with van der Waals surface area (Å²) in [5, 5.41) is 3.98. The van der Waals surface area contributed by atoms with E-state index in [-0.39, 0.29) is 27.5 Å². The van der Waals surface area contributed by atoms with E-state index in [1.807, 2.05) is 6.92 Å². The molecule has 0 amide bonds. The van der Waals surface area contributed by atoms with Crippen LogP contribution in [-0.4, -0.2) is 48.7 Å². The number of hydrogen-bond donors (Lipinski definition) is 0. The van der Waals surface area contributed by atoms with E-state index in [4.69, 9.17) is 26.6 Å². The van der Waals surface area contributed by atoms with Crippen molar-refractivity contribution in [1.82, 2.24) is 14.1 Å². The topological polar surface area (TPSA) is 73.7 Å². The van der Waals surface area contributed by atoms with E-state index in [2.05, 4.69) is 5.10 Å². The Hall–Kier alpha value is -1.77. The lowest BCUT2D eigenvalue weighted by molar-refractivity contribution is 0.171. The Morgan fingerprint density at radius 3 is 2.44 bits per heavy atom. The van der Waals surface area contributed by atoms with Gasteiger partial charge in [0.2, 0.25) is 10.0 Å². The summed E-state index contributed by atoms with van der Waals surface area (Å²) in [5.41, 5.74) is 1.74. The molecule has 2 aromatic rings. The second-order valence-corrected chi connectivity index (χ2v) is 8.93. The van der Waals surface area contributed by atoms with Gasteiger partial charge < -0.3 is 9.47 Å². The molecule has 1 fully saturated rings. The molecule has 4 rings (SSSR count). The molecule has 0 saturated carbocycles. The van der Waals surface area contributed by atoms with Crippen LogP contribution in [0.2, 0.25) is 5.15 Å². The van der Waals surface area contributed by atoms with Crippen molar-refractivity contribution in [3.63, 3.8) is 0 Å². The van der Waals surface area contributed by atoms with Crippen molar-refractivity contribution in [2.75, 3.05) is 26.2 Å². The predicted octanol–water partition coefficient (Wildman–Crippen LogP) is 2.72. The van der Waals surface area contributed by atoms with Crippen LogP contribution in [0.3, 0.4) is 0 Å². The van der Waals surface area contributed by atoms with Crippen LogP contribution in [-0.2, 0) is 17.1 Å². The van der Waals surface area contributed by atoms with Crippen molar-refractivity contribution < 1.29 is 23.4 Å². The van der Waals surface area contributed by atoms with E-state index < -0.39 is 23.1 Å². The zero-order valence-electron chi connectivity index (χ0n) is 18.9. The number of nitrogens with zero attached hydrogens (tertiary/aromatic N) is 3. The highest BCUT2D eigenvalue weighted by Crippen LogP contribution is 2.39. The third-order valence-corrected chi connectivity index (χ3v) is 7.50. The van der Waals surface area contributed by atoms with Gasteiger partial charge in [0, 0.05) is 20.1 Å². The van der Waals surface area contributed by atoms with E-state index >= 15 is 0 Å². The van der Waals surface area contributed by atoms with Gasteiger partial charge in [-0.3, -0.25) is 4.68 Å². The lowest BCUT2D eigenvalue weighted by Gasteiger charge is -2.32. The average molecular weight is 416 g/mol. The summed E-state index contributed by atoms with van der Waals surface area (Å²) in [4.78, 5) is -0.0119. The number of aryl methyl sites for hydroxylation is 2. The van der Waals surface area contributed by atoms with Crippen molar-refractivity contribution in [1.29, 1.82) is 0 Å². The molecule has 2 aliphatic rings. The summed E-state index contributed by atoms with van der Waals surface area (Å²) in [6.07, 6.45) is 2.37. The van der Waals surface area contributed by atoms with E-state index in [1.54, 1.807) is 19.2 Å². The number of hydrogen-bond acceptors (Lipinski definition) is 5. The fourth-order valence-corrected chi connectivity index (χ4v) is 5.43. The number of aromatic nitrogens is 2. The standard InChI is InChI=1S/C18H22ClN3O4S/c1-12-9-15-16(26-8-7-25-15)10-14(12)13-3-5-22(6-4-13)27(23,24)17-11-20-21(2)18(17)19/h9-11,13H,3-8H2,1-2H3/i7D2,8D2. The summed E-state index contributed by atoms with van der Waals surface area (Å²) >= 11 is 6.08. The molecule has 7 nitrogen and oxygen atoms in total. The lowest BCUT2D eigenvalue weighted by atomic mass is 9.87. The van der Waals surface area contributed by atoms with Gasteiger partial charge in [-0.25, -0.2) is 8.42 Å². The van der Waals surface area contributed by atoms with Crippen LogP contribution in [0.5, 0.6) is 11.5 Å². The minimum absolute atomic E-state index is 0.0119. The molecule has 0 bridgehead atoms. The molecule has 9 heteroatoms. The highest BCUT2D eigenvalue weighted by atomic mass is 35.5. The van der Waals surface area contributed by atoms with E-state index in [0.29, 0.717) is 25.9 Å². The molecule has 0 unspecified atom stereocenters. The maximum atomic E-state index is 12.9. The third kappa shape index (κ3) is 3.30. The molecule has 2 aliphatic heterocycles. The van der Waals surface area contributed by atoms with Crippen LogP contribution in [0.4, 0.5) is 0 Å². The largest absolute Gasteiger partial charge is 0.486 e. The van der Waals surface area contributed by atoms with Crippen molar-refractivity contribution in [2.45, 2.75) is 30.6 Å². The zero-order valence-corrected chi connectivity index (χ0v) is 16.5. The van der Waals surface area contributed by atoms with Gasteiger partial charge in [0.15, 0.2) is 11.5 Å². The van der Waals surface area contributed by atoms with Crippen LogP contribution in [0, 0.1) is 6.92 Å². The summed E-state index contributed by atoms with van der Waals surface area (Å²) in [7, 11) is -2.17. The van der Waals surface area contributed by atoms with Gasteiger partial charge >= 0.3 is 0 Å². The monoisotopic (exact) mass is 415 g/mol. The quantitative estimate of drug-likeness (QED) is 0.770. The molecule has 0 spiro atoms. The van der Waals surface area contributed by atoms with E-state index in [0.717, 1.165) is 11.1 Å². The Morgan fingerprint density at radius 2 is 1.85 bits per heavy atom.